The number of nitrogens with two attached hydrogens (primary N) is 1. The van der Waals surface area contributed by atoms with Gasteiger partial charge in [0, 0.05) is 11.1 Å². The lowest BCUT2D eigenvalue weighted by atomic mass is 10.0. The van der Waals surface area contributed by atoms with Crippen molar-refractivity contribution in [2.24, 2.45) is 0 Å². The molecule has 2 rings (SSSR count). The van der Waals surface area contributed by atoms with Crippen LogP contribution in [0, 0.1) is 0 Å². The molecule has 5 heteroatoms. The number of pyridine rings is 1. The molecule has 2 N–H and O–H groups in total. The van der Waals surface area contributed by atoms with E-state index in [1.165, 1.54) is 0 Å². The van der Waals surface area contributed by atoms with Gasteiger partial charge in [-0.2, -0.15) is 13.2 Å². The number of hydrogen-bond acceptors (Lipinski definition) is 2. The highest BCUT2D eigenvalue weighted by Gasteiger charge is 2.33. The van der Waals surface area contributed by atoms with Gasteiger partial charge in [-0.1, -0.05) is 19.4 Å². The quantitative estimate of drug-likeness (QED) is 0.907. The summed E-state index contributed by atoms with van der Waals surface area (Å²) in [6, 6.07) is 6.13. The average Bonchev–Trinajstić information content (AvgIpc) is 2.35. The zero-order valence-electron chi connectivity index (χ0n) is 10.6. The van der Waals surface area contributed by atoms with Crippen molar-refractivity contribution in [2.45, 2.75) is 32.4 Å². The van der Waals surface area contributed by atoms with Crippen molar-refractivity contribution < 1.29 is 13.2 Å². The Labute approximate surface area is 109 Å². The molecule has 0 unspecified atom stereocenters. The zero-order valence-corrected chi connectivity index (χ0v) is 10.6. The highest BCUT2D eigenvalue weighted by atomic mass is 19.4. The molecule has 0 fully saturated rings. The summed E-state index contributed by atoms with van der Waals surface area (Å²) in [6.07, 6.45) is -1.46. The van der Waals surface area contributed by atoms with Crippen LogP contribution >= 0.6 is 0 Å². The molecule has 19 heavy (non-hydrogen) atoms. The molecule has 0 aliphatic carbocycles. The highest BCUT2D eigenvalue weighted by Crippen LogP contribution is 2.32. The summed E-state index contributed by atoms with van der Waals surface area (Å²) in [7, 11) is 0. The van der Waals surface area contributed by atoms with Crippen molar-refractivity contribution in [3.05, 3.63) is 35.5 Å². The molecule has 1 heterocycles. The lowest BCUT2D eigenvalue weighted by Crippen LogP contribution is -2.09. The van der Waals surface area contributed by atoms with E-state index in [1.54, 1.807) is 6.07 Å². The standard InChI is InChI=1S/C14H15F3N2/c1-2-3-4-9-5-6-12-10(7-9)11(18)8-13(19-12)14(15,16)17/h5-8H,2-4H2,1H3,(H2,18,19). The third-order valence-electron chi connectivity index (χ3n) is 3.01. The summed E-state index contributed by atoms with van der Waals surface area (Å²) >= 11 is 0. The van der Waals surface area contributed by atoms with E-state index in [2.05, 4.69) is 11.9 Å². The van der Waals surface area contributed by atoms with E-state index in [9.17, 15) is 13.2 Å². The van der Waals surface area contributed by atoms with Gasteiger partial charge in [0.25, 0.3) is 0 Å². The fraction of sp³-hybridized carbons (Fsp3) is 0.357. The van der Waals surface area contributed by atoms with Crippen LogP contribution in [-0.4, -0.2) is 4.98 Å². The van der Waals surface area contributed by atoms with Gasteiger partial charge in [0.1, 0.15) is 5.69 Å². The molecule has 0 amide bonds. The van der Waals surface area contributed by atoms with Crippen LogP contribution in [0.1, 0.15) is 31.0 Å². The largest absolute Gasteiger partial charge is 0.433 e. The van der Waals surface area contributed by atoms with Gasteiger partial charge in [0.05, 0.1) is 5.52 Å². The normalized spacial score (nSPS) is 12.0. The lowest BCUT2D eigenvalue weighted by molar-refractivity contribution is -0.140. The summed E-state index contributed by atoms with van der Waals surface area (Å²) in [6.45, 7) is 2.09. The molecule has 1 aromatic heterocycles. The monoisotopic (exact) mass is 268 g/mol. The molecule has 0 aliphatic heterocycles. The van der Waals surface area contributed by atoms with Gasteiger partial charge in [0.2, 0.25) is 0 Å². The van der Waals surface area contributed by atoms with Crippen LogP contribution in [0.25, 0.3) is 10.9 Å². The van der Waals surface area contributed by atoms with Crippen LogP contribution in [0.4, 0.5) is 18.9 Å². The summed E-state index contributed by atoms with van der Waals surface area (Å²) in [4.78, 5) is 3.62. The minimum atomic E-state index is -4.47. The summed E-state index contributed by atoms with van der Waals surface area (Å²) in [5.74, 6) is 0. The number of fused-ring (bicyclic) bond motifs is 1. The number of alkyl halides is 3. The van der Waals surface area contributed by atoms with E-state index in [0.29, 0.717) is 5.39 Å². The Hall–Kier alpha value is -1.78. The van der Waals surface area contributed by atoms with Crippen LogP contribution in [-0.2, 0) is 12.6 Å². The molecule has 2 aromatic rings. The second-order valence-corrected chi connectivity index (χ2v) is 4.55. The van der Waals surface area contributed by atoms with E-state index >= 15 is 0 Å². The van der Waals surface area contributed by atoms with Gasteiger partial charge in [0.15, 0.2) is 0 Å². The van der Waals surface area contributed by atoms with Crippen LogP contribution in [0.2, 0.25) is 0 Å². The molecule has 1 aromatic carbocycles. The van der Waals surface area contributed by atoms with E-state index in [0.717, 1.165) is 30.9 Å². The minimum absolute atomic E-state index is 0.121. The molecule has 0 saturated carbocycles. The van der Waals surface area contributed by atoms with Crippen LogP contribution in [0.3, 0.4) is 0 Å². The first-order chi connectivity index (χ1) is 8.91. The van der Waals surface area contributed by atoms with Crippen molar-refractivity contribution >= 4 is 16.6 Å². The number of halogens is 3. The number of nitrogens with zero attached hydrogens (tertiary/aromatic N) is 1. The Bertz CT molecular complexity index is 591. The van der Waals surface area contributed by atoms with E-state index in [1.807, 2.05) is 12.1 Å². The smallest absolute Gasteiger partial charge is 0.398 e. The summed E-state index contributed by atoms with van der Waals surface area (Å²) in [5.41, 5.74) is 6.24. The molecule has 2 nitrogen and oxygen atoms in total. The van der Waals surface area contributed by atoms with Gasteiger partial charge in [-0.25, -0.2) is 4.98 Å². The van der Waals surface area contributed by atoms with E-state index in [4.69, 9.17) is 5.73 Å². The molecule has 0 aliphatic rings. The third kappa shape index (κ3) is 2.97. The first kappa shape index (κ1) is 13.6. The number of unbranched alkanes of at least 4 members (excludes halogenated alkanes) is 1. The van der Waals surface area contributed by atoms with E-state index in [-0.39, 0.29) is 11.2 Å². The molecule has 0 radical (unpaired) electrons. The molecular weight excluding hydrogens is 253 g/mol. The summed E-state index contributed by atoms with van der Waals surface area (Å²) in [5, 5.41) is 0.585. The Balaban J connectivity index is 2.48. The van der Waals surface area contributed by atoms with Crippen molar-refractivity contribution in [3.63, 3.8) is 0 Å². The fourth-order valence-electron chi connectivity index (χ4n) is 1.98. The Kier molecular flexibility index (Phi) is 3.64. The van der Waals surface area contributed by atoms with Crippen LogP contribution in [0.5, 0.6) is 0 Å². The number of anilines is 1. The molecule has 0 atom stereocenters. The van der Waals surface area contributed by atoms with Crippen molar-refractivity contribution in [2.75, 3.05) is 5.73 Å². The van der Waals surface area contributed by atoms with Crippen molar-refractivity contribution in [1.29, 1.82) is 0 Å². The SMILES string of the molecule is CCCCc1ccc2nc(C(F)(F)F)cc(N)c2c1. The lowest BCUT2D eigenvalue weighted by Gasteiger charge is -2.10. The summed E-state index contributed by atoms with van der Waals surface area (Å²) < 4.78 is 37.9. The molecular formula is C14H15F3N2. The number of nitrogen functional groups attached to an aromatic ring is 1. The van der Waals surface area contributed by atoms with Gasteiger partial charge < -0.3 is 5.73 Å². The molecule has 0 saturated heterocycles. The predicted octanol–water partition coefficient (Wildman–Crippen LogP) is 4.18. The zero-order chi connectivity index (χ0) is 14.0. The van der Waals surface area contributed by atoms with Gasteiger partial charge in [-0.15, -0.1) is 0 Å². The fourth-order valence-corrected chi connectivity index (χ4v) is 1.98. The maximum absolute atomic E-state index is 12.6. The maximum atomic E-state index is 12.6. The second-order valence-electron chi connectivity index (χ2n) is 4.55. The average molecular weight is 268 g/mol. The third-order valence-corrected chi connectivity index (χ3v) is 3.01. The number of rotatable bonds is 3. The Morgan fingerprint density at radius 1 is 1.21 bits per heavy atom. The van der Waals surface area contributed by atoms with Crippen molar-refractivity contribution in [3.8, 4) is 0 Å². The number of aromatic nitrogens is 1. The Morgan fingerprint density at radius 2 is 1.95 bits per heavy atom. The van der Waals surface area contributed by atoms with Gasteiger partial charge >= 0.3 is 6.18 Å². The Morgan fingerprint density at radius 3 is 2.58 bits per heavy atom. The molecule has 0 spiro atoms. The number of aryl methyl sites for hydroxylation is 1. The number of hydrogen-bond donors (Lipinski definition) is 1. The van der Waals surface area contributed by atoms with Crippen LogP contribution < -0.4 is 5.73 Å². The molecule has 0 bridgehead atoms. The minimum Gasteiger partial charge on any atom is -0.398 e. The first-order valence-electron chi connectivity index (χ1n) is 6.18. The second kappa shape index (κ2) is 5.07. The maximum Gasteiger partial charge on any atom is 0.433 e. The van der Waals surface area contributed by atoms with Gasteiger partial charge in [-0.05, 0) is 36.6 Å². The number of benzene rings is 1. The topological polar surface area (TPSA) is 38.9 Å². The predicted molar refractivity (Wildman–Crippen MR) is 69.8 cm³/mol. The van der Waals surface area contributed by atoms with Crippen molar-refractivity contribution in [1.82, 2.24) is 4.98 Å². The van der Waals surface area contributed by atoms with Crippen LogP contribution in [0.15, 0.2) is 24.3 Å². The molecule has 102 valence electrons. The first-order valence-corrected chi connectivity index (χ1v) is 6.18. The van der Waals surface area contributed by atoms with E-state index < -0.39 is 11.9 Å². The van der Waals surface area contributed by atoms with Gasteiger partial charge in [-0.3, -0.25) is 0 Å². The highest BCUT2D eigenvalue weighted by molar-refractivity contribution is 5.90.